The van der Waals surface area contributed by atoms with Gasteiger partial charge in [0.1, 0.15) is 0 Å². The lowest BCUT2D eigenvalue weighted by Gasteiger charge is -2.34. The molecule has 0 aliphatic heterocycles. The maximum absolute atomic E-state index is 12.5. The molecule has 2 rings (SSSR count). The quantitative estimate of drug-likeness (QED) is 0.812. The fourth-order valence-electron chi connectivity index (χ4n) is 2.74. The van der Waals surface area contributed by atoms with Crippen molar-refractivity contribution in [2.24, 2.45) is 11.1 Å². The summed E-state index contributed by atoms with van der Waals surface area (Å²) in [6, 6.07) is 6.47. The minimum atomic E-state index is -2.44. The van der Waals surface area contributed by atoms with Crippen molar-refractivity contribution < 1.29 is 13.6 Å². The van der Waals surface area contributed by atoms with Gasteiger partial charge < -0.3 is 11.1 Å². The number of hydrogen-bond acceptors (Lipinski definition) is 3. The first-order chi connectivity index (χ1) is 10.1. The summed E-state index contributed by atoms with van der Waals surface area (Å²) < 4.78 is 24.5. The Bertz CT molecular complexity index is 473. The van der Waals surface area contributed by atoms with Crippen molar-refractivity contribution in [1.82, 2.24) is 0 Å². The van der Waals surface area contributed by atoms with Crippen molar-refractivity contribution in [3.05, 3.63) is 24.3 Å². The van der Waals surface area contributed by atoms with E-state index in [0.717, 1.165) is 32.1 Å². The highest BCUT2D eigenvalue weighted by Crippen LogP contribution is 2.36. The third-order valence-electron chi connectivity index (χ3n) is 4.02. The van der Waals surface area contributed by atoms with Crippen LogP contribution in [0.1, 0.15) is 32.1 Å². The van der Waals surface area contributed by atoms with E-state index >= 15 is 0 Å². The first kappa shape index (κ1) is 16.2. The van der Waals surface area contributed by atoms with Crippen LogP contribution in [0.2, 0.25) is 0 Å². The standard InChI is InChI=1S/C15H20F2N2OS/c16-14(17)21-12-6-4-11(5-7-12)19-13(20)15(10-18)8-2-1-3-9-15/h4-7,14H,1-3,8-10,18H2,(H,19,20). The zero-order valence-electron chi connectivity index (χ0n) is 11.8. The molecule has 0 bridgehead atoms. The van der Waals surface area contributed by atoms with E-state index in [1.165, 1.54) is 0 Å². The molecule has 1 aliphatic carbocycles. The summed E-state index contributed by atoms with van der Waals surface area (Å²) in [7, 11) is 0. The Morgan fingerprint density at radius 2 is 1.86 bits per heavy atom. The lowest BCUT2D eigenvalue weighted by atomic mass is 9.73. The molecule has 1 aromatic rings. The summed E-state index contributed by atoms with van der Waals surface area (Å²) in [5.41, 5.74) is 5.97. The van der Waals surface area contributed by atoms with Gasteiger partial charge in [0.15, 0.2) is 0 Å². The maximum Gasteiger partial charge on any atom is 0.288 e. The van der Waals surface area contributed by atoms with Gasteiger partial charge in [-0.3, -0.25) is 4.79 Å². The van der Waals surface area contributed by atoms with Gasteiger partial charge in [-0.25, -0.2) is 0 Å². The molecule has 116 valence electrons. The smallest absolute Gasteiger partial charge is 0.288 e. The number of anilines is 1. The highest BCUT2D eigenvalue weighted by Gasteiger charge is 2.38. The van der Waals surface area contributed by atoms with Crippen LogP contribution < -0.4 is 11.1 Å². The van der Waals surface area contributed by atoms with Gasteiger partial charge in [0.05, 0.1) is 5.41 Å². The number of nitrogens with two attached hydrogens (primary N) is 1. The van der Waals surface area contributed by atoms with Crippen molar-refractivity contribution >= 4 is 23.4 Å². The first-order valence-electron chi connectivity index (χ1n) is 7.12. The number of thioether (sulfide) groups is 1. The van der Waals surface area contributed by atoms with E-state index < -0.39 is 11.2 Å². The van der Waals surface area contributed by atoms with Crippen LogP contribution >= 0.6 is 11.8 Å². The number of benzene rings is 1. The van der Waals surface area contributed by atoms with Crippen LogP contribution in [0.25, 0.3) is 0 Å². The Labute approximate surface area is 127 Å². The molecular formula is C15H20F2N2OS. The summed E-state index contributed by atoms with van der Waals surface area (Å²) in [5.74, 6) is -2.49. The van der Waals surface area contributed by atoms with Gasteiger partial charge in [-0.05, 0) is 37.1 Å². The van der Waals surface area contributed by atoms with Crippen molar-refractivity contribution in [2.45, 2.75) is 42.8 Å². The molecule has 6 heteroatoms. The van der Waals surface area contributed by atoms with Crippen molar-refractivity contribution in [3.63, 3.8) is 0 Å². The molecule has 1 aromatic carbocycles. The van der Waals surface area contributed by atoms with Crippen LogP contribution in [0.4, 0.5) is 14.5 Å². The lowest BCUT2D eigenvalue weighted by molar-refractivity contribution is -0.126. The number of carbonyl (C=O) groups excluding carboxylic acids is 1. The molecule has 1 aliphatic rings. The molecule has 0 saturated heterocycles. The molecule has 3 N–H and O–H groups in total. The summed E-state index contributed by atoms with van der Waals surface area (Å²) >= 11 is 0.492. The zero-order valence-corrected chi connectivity index (χ0v) is 12.6. The number of amides is 1. The van der Waals surface area contributed by atoms with Gasteiger partial charge >= 0.3 is 0 Å². The number of nitrogens with one attached hydrogen (secondary N) is 1. The van der Waals surface area contributed by atoms with Crippen LogP contribution in [-0.4, -0.2) is 18.2 Å². The highest BCUT2D eigenvalue weighted by molar-refractivity contribution is 7.99. The third kappa shape index (κ3) is 4.17. The molecule has 1 amide bonds. The van der Waals surface area contributed by atoms with Gasteiger partial charge in [0.25, 0.3) is 5.76 Å². The Morgan fingerprint density at radius 1 is 1.24 bits per heavy atom. The van der Waals surface area contributed by atoms with Gasteiger partial charge in [0, 0.05) is 17.1 Å². The molecule has 0 atom stereocenters. The van der Waals surface area contributed by atoms with Gasteiger partial charge in [-0.15, -0.1) is 0 Å². The molecule has 21 heavy (non-hydrogen) atoms. The zero-order chi connectivity index (χ0) is 15.3. The second-order valence-electron chi connectivity index (χ2n) is 5.40. The SMILES string of the molecule is NCC1(C(=O)Nc2ccc(SC(F)F)cc2)CCCCC1. The Balaban J connectivity index is 2.01. The van der Waals surface area contributed by atoms with Crippen LogP contribution in [0.15, 0.2) is 29.2 Å². The summed E-state index contributed by atoms with van der Waals surface area (Å²) in [6.45, 7) is 0.345. The van der Waals surface area contributed by atoms with Gasteiger partial charge in [-0.1, -0.05) is 31.0 Å². The lowest BCUT2D eigenvalue weighted by Crippen LogP contribution is -2.43. The maximum atomic E-state index is 12.5. The minimum absolute atomic E-state index is 0.0565. The van der Waals surface area contributed by atoms with Gasteiger partial charge in [-0.2, -0.15) is 8.78 Å². The molecule has 3 nitrogen and oxygen atoms in total. The van der Waals surface area contributed by atoms with E-state index in [2.05, 4.69) is 5.32 Å². The first-order valence-corrected chi connectivity index (χ1v) is 8.00. The Kier molecular flexibility index (Phi) is 5.58. The fourth-order valence-corrected chi connectivity index (χ4v) is 3.23. The molecule has 0 radical (unpaired) electrons. The molecule has 0 spiro atoms. The van der Waals surface area contributed by atoms with E-state index in [1.54, 1.807) is 24.3 Å². The van der Waals surface area contributed by atoms with Crippen LogP contribution in [0.3, 0.4) is 0 Å². The van der Waals surface area contributed by atoms with E-state index in [0.29, 0.717) is 28.9 Å². The summed E-state index contributed by atoms with van der Waals surface area (Å²) in [6.07, 6.45) is 4.82. The number of halogens is 2. The average Bonchev–Trinajstić information content (AvgIpc) is 2.49. The average molecular weight is 314 g/mol. The van der Waals surface area contributed by atoms with Crippen LogP contribution in [0.5, 0.6) is 0 Å². The number of hydrogen-bond donors (Lipinski definition) is 2. The van der Waals surface area contributed by atoms with Crippen molar-refractivity contribution in [2.75, 3.05) is 11.9 Å². The molecular weight excluding hydrogens is 294 g/mol. The predicted molar refractivity (Wildman–Crippen MR) is 81.5 cm³/mol. The fraction of sp³-hybridized carbons (Fsp3) is 0.533. The number of carbonyl (C=O) groups is 1. The minimum Gasteiger partial charge on any atom is -0.329 e. The van der Waals surface area contributed by atoms with E-state index in [9.17, 15) is 13.6 Å². The Morgan fingerprint density at radius 3 is 2.38 bits per heavy atom. The Hall–Kier alpha value is -1.14. The number of alkyl halides is 2. The second kappa shape index (κ2) is 7.22. The topological polar surface area (TPSA) is 55.1 Å². The molecule has 0 unspecified atom stereocenters. The third-order valence-corrected chi connectivity index (χ3v) is 4.74. The van der Waals surface area contributed by atoms with Crippen LogP contribution in [-0.2, 0) is 4.79 Å². The second-order valence-corrected chi connectivity index (χ2v) is 6.47. The molecule has 1 saturated carbocycles. The van der Waals surface area contributed by atoms with Crippen LogP contribution in [0, 0.1) is 5.41 Å². The monoisotopic (exact) mass is 314 g/mol. The number of rotatable bonds is 5. The largest absolute Gasteiger partial charge is 0.329 e. The summed E-state index contributed by atoms with van der Waals surface area (Å²) in [4.78, 5) is 12.9. The highest BCUT2D eigenvalue weighted by atomic mass is 32.2. The molecule has 1 fully saturated rings. The van der Waals surface area contributed by atoms with E-state index in [4.69, 9.17) is 5.73 Å². The van der Waals surface area contributed by atoms with E-state index in [-0.39, 0.29) is 5.91 Å². The van der Waals surface area contributed by atoms with Gasteiger partial charge in [0.2, 0.25) is 5.91 Å². The van der Waals surface area contributed by atoms with Crippen molar-refractivity contribution in [1.29, 1.82) is 0 Å². The molecule has 0 heterocycles. The molecule has 0 aromatic heterocycles. The summed E-state index contributed by atoms with van der Waals surface area (Å²) in [5, 5.41) is 2.87. The van der Waals surface area contributed by atoms with E-state index in [1.807, 2.05) is 0 Å². The predicted octanol–water partition coefficient (Wildman–Crippen LogP) is 3.85. The normalized spacial score (nSPS) is 17.7. The van der Waals surface area contributed by atoms with Crippen molar-refractivity contribution in [3.8, 4) is 0 Å².